The number of carbonyl (C=O) groups is 1. The van der Waals surface area contributed by atoms with E-state index in [1.807, 2.05) is 0 Å². The van der Waals surface area contributed by atoms with Gasteiger partial charge in [-0.25, -0.2) is 8.78 Å². The van der Waals surface area contributed by atoms with Crippen molar-refractivity contribution >= 4 is 46.3 Å². The quantitative estimate of drug-likeness (QED) is 0.284. The lowest BCUT2D eigenvalue weighted by molar-refractivity contribution is 0.103. The van der Waals surface area contributed by atoms with Crippen molar-refractivity contribution in [3.05, 3.63) is 47.0 Å². The van der Waals surface area contributed by atoms with E-state index in [0.717, 1.165) is 0 Å². The number of ketones is 1. The molecule has 2 aromatic rings. The average Bonchev–Trinajstić information content (AvgIpc) is 2.57. The fourth-order valence-corrected chi connectivity index (χ4v) is 4.90. The van der Waals surface area contributed by atoms with Gasteiger partial charge in [0.15, 0.2) is 17.4 Å². The Morgan fingerprint density at radius 3 is 0.875 bits per heavy atom. The molecule has 2 aromatic carbocycles. The summed E-state index contributed by atoms with van der Waals surface area (Å²) in [5, 5.41) is 0. The summed E-state index contributed by atoms with van der Waals surface area (Å²) in [4.78, 5) is 5.31. The molecular formula is C13H8F2O13S4. The van der Waals surface area contributed by atoms with Gasteiger partial charge in [0.1, 0.15) is 19.6 Å². The van der Waals surface area contributed by atoms with Crippen molar-refractivity contribution in [1.82, 2.24) is 0 Å². The van der Waals surface area contributed by atoms with Gasteiger partial charge in [0.05, 0.1) is 0 Å². The molecule has 0 atom stereocenters. The zero-order chi connectivity index (χ0) is 25.0. The summed E-state index contributed by atoms with van der Waals surface area (Å²) in [6.07, 6.45) is 0. The van der Waals surface area contributed by atoms with Gasteiger partial charge in [-0.2, -0.15) is 33.7 Å². The van der Waals surface area contributed by atoms with E-state index in [2.05, 4.69) is 0 Å². The molecular weight excluding hydrogens is 530 g/mol. The van der Waals surface area contributed by atoms with Crippen molar-refractivity contribution < 1.29 is 65.5 Å². The van der Waals surface area contributed by atoms with E-state index in [1.54, 1.807) is 0 Å². The van der Waals surface area contributed by atoms with Crippen molar-refractivity contribution in [2.45, 2.75) is 19.6 Å². The Morgan fingerprint density at radius 1 is 0.531 bits per heavy atom. The lowest BCUT2D eigenvalue weighted by Gasteiger charge is -2.11. The summed E-state index contributed by atoms with van der Waals surface area (Å²) in [7, 11) is -22.2. The Kier molecular flexibility index (Phi) is 6.37. The number of hydrogen-bond donors (Lipinski definition) is 4. The Labute approximate surface area is 178 Å². The molecule has 0 heterocycles. The van der Waals surface area contributed by atoms with E-state index in [9.17, 15) is 47.2 Å². The molecule has 19 heteroatoms. The zero-order valence-corrected chi connectivity index (χ0v) is 17.9. The number of rotatable bonds is 6. The van der Waals surface area contributed by atoms with Crippen LogP contribution in [0.5, 0.6) is 0 Å². The molecule has 0 saturated heterocycles. The first-order valence-corrected chi connectivity index (χ1v) is 13.0. The third kappa shape index (κ3) is 5.15. The zero-order valence-electron chi connectivity index (χ0n) is 14.7. The van der Waals surface area contributed by atoms with Gasteiger partial charge in [0, 0.05) is 11.1 Å². The van der Waals surface area contributed by atoms with Crippen molar-refractivity contribution in [3.8, 4) is 0 Å². The Balaban J connectivity index is 2.98. The van der Waals surface area contributed by atoms with Crippen LogP contribution in [0.2, 0.25) is 0 Å². The maximum absolute atomic E-state index is 14.1. The first-order chi connectivity index (χ1) is 14.2. The molecule has 0 unspecified atom stereocenters. The van der Waals surface area contributed by atoms with E-state index in [1.165, 1.54) is 0 Å². The predicted octanol–water partition coefficient (Wildman–Crippen LogP) is 0.183. The largest absolute Gasteiger partial charge is 0.297 e. The van der Waals surface area contributed by atoms with Crippen molar-refractivity contribution in [3.63, 3.8) is 0 Å². The molecule has 0 aromatic heterocycles. The van der Waals surface area contributed by atoms with Crippen LogP contribution in [0, 0.1) is 11.6 Å². The number of hydrogen-bond acceptors (Lipinski definition) is 9. The summed E-state index contributed by atoms with van der Waals surface area (Å²) < 4.78 is 155. The lowest BCUT2D eigenvalue weighted by atomic mass is 10.0. The molecule has 0 aliphatic rings. The van der Waals surface area contributed by atoms with E-state index in [0.29, 0.717) is 0 Å². The van der Waals surface area contributed by atoms with Crippen LogP contribution >= 0.6 is 0 Å². The highest BCUT2D eigenvalue weighted by molar-refractivity contribution is 7.87. The van der Waals surface area contributed by atoms with Gasteiger partial charge in [-0.3, -0.25) is 23.0 Å². The Morgan fingerprint density at radius 2 is 0.719 bits per heavy atom. The molecule has 0 spiro atoms. The van der Waals surface area contributed by atoms with Gasteiger partial charge in [-0.1, -0.05) is 0 Å². The second-order valence-electron chi connectivity index (χ2n) is 5.80. The third-order valence-electron chi connectivity index (χ3n) is 3.65. The maximum Gasteiger partial charge on any atom is 0.297 e. The van der Waals surface area contributed by atoms with E-state index in [4.69, 9.17) is 18.2 Å². The highest BCUT2D eigenvalue weighted by Crippen LogP contribution is 2.29. The minimum atomic E-state index is -5.56. The average molecular weight is 538 g/mol. The monoisotopic (exact) mass is 538 g/mol. The maximum atomic E-state index is 14.1. The molecule has 2 rings (SSSR count). The number of benzene rings is 2. The normalized spacial score (nSPS) is 13.2. The van der Waals surface area contributed by atoms with Crippen LogP contribution < -0.4 is 0 Å². The molecule has 0 saturated carbocycles. The van der Waals surface area contributed by atoms with Crippen LogP contribution in [-0.2, 0) is 40.5 Å². The third-order valence-corrected chi connectivity index (χ3v) is 7.06. The van der Waals surface area contributed by atoms with Crippen LogP contribution in [0.1, 0.15) is 15.9 Å². The summed E-state index contributed by atoms with van der Waals surface area (Å²) in [6.45, 7) is 0. The molecule has 13 nitrogen and oxygen atoms in total. The molecule has 0 aliphatic carbocycles. The topological polar surface area (TPSA) is 235 Å². The van der Waals surface area contributed by atoms with E-state index >= 15 is 0 Å². The van der Waals surface area contributed by atoms with Gasteiger partial charge in [0.2, 0.25) is 0 Å². The Hall–Kier alpha value is -2.39. The van der Waals surface area contributed by atoms with Crippen LogP contribution in [0.4, 0.5) is 8.78 Å². The number of halogens is 2. The van der Waals surface area contributed by atoms with E-state index < -0.39 is 88.6 Å². The second kappa shape index (κ2) is 7.88. The van der Waals surface area contributed by atoms with Gasteiger partial charge < -0.3 is 0 Å². The second-order valence-corrected chi connectivity index (χ2v) is 11.4. The minimum absolute atomic E-state index is 0.0330. The summed E-state index contributed by atoms with van der Waals surface area (Å²) in [5.74, 6) is -6.12. The summed E-state index contributed by atoms with van der Waals surface area (Å²) in [5.41, 5.74) is -2.39. The highest BCUT2D eigenvalue weighted by atomic mass is 32.2. The van der Waals surface area contributed by atoms with Crippen LogP contribution in [-0.4, -0.2) is 57.7 Å². The van der Waals surface area contributed by atoms with E-state index in [-0.39, 0.29) is 24.3 Å². The van der Waals surface area contributed by atoms with Crippen molar-refractivity contribution in [2.24, 2.45) is 0 Å². The Bertz CT molecular complexity index is 1360. The van der Waals surface area contributed by atoms with Gasteiger partial charge >= 0.3 is 0 Å². The summed E-state index contributed by atoms with van der Waals surface area (Å²) >= 11 is 0. The molecule has 0 amide bonds. The number of carbonyl (C=O) groups excluding carboxylic acids is 1. The predicted molar refractivity (Wildman–Crippen MR) is 95.5 cm³/mol. The van der Waals surface area contributed by atoms with Crippen molar-refractivity contribution in [2.75, 3.05) is 0 Å². The fraction of sp³-hybridized carbons (Fsp3) is 0. The van der Waals surface area contributed by atoms with Crippen LogP contribution in [0.25, 0.3) is 0 Å². The lowest BCUT2D eigenvalue weighted by Crippen LogP contribution is -2.15. The smallest absolute Gasteiger partial charge is 0.289 e. The molecule has 32 heavy (non-hydrogen) atoms. The fourth-order valence-electron chi connectivity index (χ4n) is 2.32. The molecule has 0 radical (unpaired) electrons. The molecule has 176 valence electrons. The molecule has 4 N–H and O–H groups in total. The summed E-state index contributed by atoms with van der Waals surface area (Å²) in [6, 6.07) is 0.132. The van der Waals surface area contributed by atoms with Crippen LogP contribution in [0.15, 0.2) is 43.8 Å². The molecule has 0 fully saturated rings. The first kappa shape index (κ1) is 25.9. The standard InChI is InChI=1S/C13H8F2O13S4/c14-11-7(29(17,18)19)1-5(2-8(11)30(20,21)22)13(16)6-3-9(31(23,24)25)12(15)10(4-6)32(26,27)28/h1-4H,(H,17,18,19)(H,20,21,22)(H,23,24,25)(H,26,27,28). The highest BCUT2D eigenvalue weighted by Gasteiger charge is 2.31. The first-order valence-electron chi connectivity index (χ1n) is 7.27. The van der Waals surface area contributed by atoms with Crippen LogP contribution in [0.3, 0.4) is 0 Å². The van der Waals surface area contributed by atoms with Gasteiger partial charge in [-0.05, 0) is 24.3 Å². The SMILES string of the molecule is O=C(c1cc(S(=O)(=O)O)c(F)c(S(=O)(=O)O)c1)c1cc(S(=O)(=O)O)c(F)c(S(=O)(=O)O)c1. The minimum Gasteiger partial charge on any atom is -0.289 e. The van der Waals surface area contributed by atoms with Gasteiger partial charge in [0.25, 0.3) is 40.5 Å². The van der Waals surface area contributed by atoms with Gasteiger partial charge in [-0.15, -0.1) is 0 Å². The molecule has 0 aliphatic heterocycles. The molecule has 0 bridgehead atoms. The van der Waals surface area contributed by atoms with Crippen molar-refractivity contribution in [1.29, 1.82) is 0 Å².